The molecule has 0 aromatic heterocycles. The molecular formula is C13H18ClNO. The highest BCUT2D eigenvalue weighted by molar-refractivity contribution is 6.30. The van der Waals surface area contributed by atoms with E-state index in [1.54, 1.807) is 6.92 Å². The molecule has 2 nitrogen and oxygen atoms in total. The van der Waals surface area contributed by atoms with Crippen molar-refractivity contribution in [3.8, 4) is 0 Å². The lowest BCUT2D eigenvalue weighted by Crippen LogP contribution is -2.24. The number of nitrogens with zero attached hydrogens (tertiary/aromatic N) is 1. The van der Waals surface area contributed by atoms with Gasteiger partial charge in [-0.2, -0.15) is 0 Å². The molecule has 3 heteroatoms. The molecule has 88 valence electrons. The minimum absolute atomic E-state index is 0.232. The van der Waals surface area contributed by atoms with Gasteiger partial charge in [-0.1, -0.05) is 23.7 Å². The topological polar surface area (TPSA) is 20.3 Å². The summed E-state index contributed by atoms with van der Waals surface area (Å²) in [5.74, 6) is 0.232. The van der Waals surface area contributed by atoms with Gasteiger partial charge >= 0.3 is 0 Å². The van der Waals surface area contributed by atoms with Crippen LogP contribution in [0.15, 0.2) is 24.3 Å². The first kappa shape index (κ1) is 13.2. The fourth-order valence-electron chi connectivity index (χ4n) is 1.52. The van der Waals surface area contributed by atoms with Crippen LogP contribution in [0.1, 0.15) is 31.9 Å². The molecule has 0 spiro atoms. The van der Waals surface area contributed by atoms with Crippen LogP contribution in [-0.2, 0) is 4.79 Å². The highest BCUT2D eigenvalue weighted by Crippen LogP contribution is 2.20. The Kier molecular flexibility index (Phi) is 4.97. The third-order valence-corrected chi connectivity index (χ3v) is 3.08. The van der Waals surface area contributed by atoms with E-state index in [9.17, 15) is 4.79 Å². The van der Waals surface area contributed by atoms with Crippen molar-refractivity contribution < 1.29 is 4.79 Å². The SMILES string of the molecule is CC(=O)CCN(C)C(C)c1ccc(Cl)cc1. The molecule has 0 heterocycles. The Bertz CT molecular complexity index is 347. The third-order valence-electron chi connectivity index (χ3n) is 2.83. The number of carbonyl (C=O) groups excluding carboxylic acids is 1. The Morgan fingerprint density at radius 1 is 1.38 bits per heavy atom. The zero-order valence-electron chi connectivity index (χ0n) is 10.0. The third kappa shape index (κ3) is 3.95. The number of carbonyl (C=O) groups is 1. The largest absolute Gasteiger partial charge is 0.300 e. The van der Waals surface area contributed by atoms with Crippen LogP contribution in [0, 0.1) is 0 Å². The molecule has 1 atom stereocenters. The average molecular weight is 240 g/mol. The van der Waals surface area contributed by atoms with Gasteiger partial charge in [-0.15, -0.1) is 0 Å². The highest BCUT2D eigenvalue weighted by atomic mass is 35.5. The van der Waals surface area contributed by atoms with Gasteiger partial charge in [-0.3, -0.25) is 9.69 Å². The molecule has 0 amide bonds. The van der Waals surface area contributed by atoms with Crippen LogP contribution < -0.4 is 0 Å². The minimum Gasteiger partial charge on any atom is -0.300 e. The Balaban J connectivity index is 2.59. The van der Waals surface area contributed by atoms with Crippen LogP contribution in [0.25, 0.3) is 0 Å². The number of ketones is 1. The fraction of sp³-hybridized carbons (Fsp3) is 0.462. The molecule has 0 aliphatic heterocycles. The van der Waals surface area contributed by atoms with Crippen molar-refractivity contribution in [2.75, 3.05) is 13.6 Å². The van der Waals surface area contributed by atoms with Gasteiger partial charge in [0.05, 0.1) is 0 Å². The summed E-state index contributed by atoms with van der Waals surface area (Å²) >= 11 is 5.84. The van der Waals surface area contributed by atoms with E-state index in [0.29, 0.717) is 12.5 Å². The summed E-state index contributed by atoms with van der Waals surface area (Å²) < 4.78 is 0. The molecule has 1 rings (SSSR count). The van der Waals surface area contributed by atoms with Crippen molar-refractivity contribution in [3.05, 3.63) is 34.9 Å². The van der Waals surface area contributed by atoms with Gasteiger partial charge in [0.15, 0.2) is 0 Å². The molecule has 1 aromatic rings. The Morgan fingerprint density at radius 3 is 2.44 bits per heavy atom. The number of halogens is 1. The molecule has 0 aliphatic carbocycles. The lowest BCUT2D eigenvalue weighted by Gasteiger charge is -2.24. The fourth-order valence-corrected chi connectivity index (χ4v) is 1.65. The molecule has 0 fully saturated rings. The molecular weight excluding hydrogens is 222 g/mol. The minimum atomic E-state index is 0.232. The van der Waals surface area contributed by atoms with Crippen molar-refractivity contribution in [1.82, 2.24) is 4.90 Å². The van der Waals surface area contributed by atoms with E-state index in [1.165, 1.54) is 5.56 Å². The lowest BCUT2D eigenvalue weighted by molar-refractivity contribution is -0.117. The predicted octanol–water partition coefficient (Wildman–Crippen LogP) is 3.31. The quantitative estimate of drug-likeness (QED) is 0.786. The first-order chi connectivity index (χ1) is 7.50. The van der Waals surface area contributed by atoms with Gasteiger partial charge in [0.1, 0.15) is 5.78 Å². The summed E-state index contributed by atoms with van der Waals surface area (Å²) in [5, 5.41) is 0.752. The van der Waals surface area contributed by atoms with Gasteiger partial charge in [0.2, 0.25) is 0 Å². The maximum atomic E-state index is 10.9. The van der Waals surface area contributed by atoms with Crippen molar-refractivity contribution in [2.24, 2.45) is 0 Å². The number of rotatable bonds is 5. The van der Waals surface area contributed by atoms with Crippen LogP contribution in [-0.4, -0.2) is 24.3 Å². The Hall–Kier alpha value is -0.860. The highest BCUT2D eigenvalue weighted by Gasteiger charge is 2.11. The maximum absolute atomic E-state index is 10.9. The molecule has 0 N–H and O–H groups in total. The van der Waals surface area contributed by atoms with E-state index in [-0.39, 0.29) is 5.78 Å². The van der Waals surface area contributed by atoms with Crippen molar-refractivity contribution in [3.63, 3.8) is 0 Å². The van der Waals surface area contributed by atoms with E-state index < -0.39 is 0 Å². The average Bonchev–Trinajstić information content (AvgIpc) is 2.26. The lowest BCUT2D eigenvalue weighted by atomic mass is 10.1. The Morgan fingerprint density at radius 2 is 1.94 bits per heavy atom. The maximum Gasteiger partial charge on any atom is 0.131 e. The van der Waals surface area contributed by atoms with Crippen LogP contribution in [0.3, 0.4) is 0 Å². The second-order valence-corrected chi connectivity index (χ2v) is 4.60. The van der Waals surface area contributed by atoms with E-state index >= 15 is 0 Å². The molecule has 0 bridgehead atoms. The number of benzene rings is 1. The molecule has 1 aromatic carbocycles. The van der Waals surface area contributed by atoms with E-state index in [1.807, 2.05) is 31.3 Å². The Labute approximate surface area is 102 Å². The van der Waals surface area contributed by atoms with Gasteiger partial charge < -0.3 is 0 Å². The summed E-state index contributed by atoms with van der Waals surface area (Å²) in [5.41, 5.74) is 1.22. The van der Waals surface area contributed by atoms with Gasteiger partial charge in [0, 0.05) is 24.0 Å². The first-order valence-electron chi connectivity index (χ1n) is 5.46. The van der Waals surface area contributed by atoms with E-state index in [0.717, 1.165) is 11.6 Å². The monoisotopic (exact) mass is 239 g/mol. The number of Topliss-reactive ketones (excluding diaryl/α,β-unsaturated/α-hetero) is 1. The summed E-state index contributed by atoms with van der Waals surface area (Å²) in [6.07, 6.45) is 0.606. The zero-order valence-corrected chi connectivity index (χ0v) is 10.8. The smallest absolute Gasteiger partial charge is 0.131 e. The number of hydrogen-bond donors (Lipinski definition) is 0. The molecule has 0 aliphatic rings. The normalized spacial score (nSPS) is 12.8. The van der Waals surface area contributed by atoms with Crippen molar-refractivity contribution in [2.45, 2.75) is 26.3 Å². The second kappa shape index (κ2) is 6.02. The summed E-state index contributed by atoms with van der Waals surface area (Å²) in [6.45, 7) is 4.54. The summed E-state index contributed by atoms with van der Waals surface area (Å²) in [4.78, 5) is 13.1. The van der Waals surface area contributed by atoms with Crippen LogP contribution in [0.4, 0.5) is 0 Å². The first-order valence-corrected chi connectivity index (χ1v) is 5.83. The van der Waals surface area contributed by atoms with E-state index in [2.05, 4.69) is 11.8 Å². The van der Waals surface area contributed by atoms with E-state index in [4.69, 9.17) is 11.6 Å². The van der Waals surface area contributed by atoms with Crippen LogP contribution >= 0.6 is 11.6 Å². The summed E-state index contributed by atoms with van der Waals surface area (Å²) in [6, 6.07) is 8.14. The summed E-state index contributed by atoms with van der Waals surface area (Å²) in [7, 11) is 2.03. The van der Waals surface area contributed by atoms with Crippen molar-refractivity contribution in [1.29, 1.82) is 0 Å². The molecule has 16 heavy (non-hydrogen) atoms. The number of hydrogen-bond acceptors (Lipinski definition) is 2. The van der Waals surface area contributed by atoms with Crippen LogP contribution in [0.5, 0.6) is 0 Å². The molecule has 1 unspecified atom stereocenters. The predicted molar refractivity (Wildman–Crippen MR) is 67.8 cm³/mol. The zero-order chi connectivity index (χ0) is 12.1. The molecule has 0 radical (unpaired) electrons. The van der Waals surface area contributed by atoms with Crippen molar-refractivity contribution >= 4 is 17.4 Å². The van der Waals surface area contributed by atoms with Gasteiger partial charge in [-0.05, 0) is 38.6 Å². The molecule has 0 saturated carbocycles. The molecule has 0 saturated heterocycles. The van der Waals surface area contributed by atoms with Gasteiger partial charge in [0.25, 0.3) is 0 Å². The second-order valence-electron chi connectivity index (χ2n) is 4.16. The van der Waals surface area contributed by atoms with Crippen LogP contribution in [0.2, 0.25) is 5.02 Å². The van der Waals surface area contributed by atoms with Gasteiger partial charge in [-0.25, -0.2) is 0 Å². The standard InChI is InChI=1S/C13H18ClNO/c1-10(16)8-9-15(3)11(2)12-4-6-13(14)7-5-12/h4-7,11H,8-9H2,1-3H3.